The van der Waals surface area contributed by atoms with Crippen molar-refractivity contribution in [3.63, 3.8) is 0 Å². The summed E-state index contributed by atoms with van der Waals surface area (Å²) in [6.07, 6.45) is 0. The highest BCUT2D eigenvalue weighted by atomic mass is 32.1. The molecule has 1 aliphatic rings. The number of rotatable bonds is 4. The molecule has 0 amide bonds. The lowest BCUT2D eigenvalue weighted by atomic mass is 9.95. The van der Waals surface area contributed by atoms with Gasteiger partial charge in [0.25, 0.3) is 0 Å². The van der Waals surface area contributed by atoms with Crippen molar-refractivity contribution in [2.45, 2.75) is 19.9 Å². The summed E-state index contributed by atoms with van der Waals surface area (Å²) in [5, 5.41) is 3.77. The van der Waals surface area contributed by atoms with E-state index in [9.17, 15) is 4.79 Å². The minimum Gasteiger partial charge on any atom is -0.497 e. The van der Waals surface area contributed by atoms with Gasteiger partial charge < -0.3 is 19.7 Å². The zero-order valence-corrected chi connectivity index (χ0v) is 14.0. The molecule has 0 saturated carbocycles. The van der Waals surface area contributed by atoms with Crippen molar-refractivity contribution in [3.8, 4) is 5.75 Å². The van der Waals surface area contributed by atoms with E-state index in [1.807, 2.05) is 38.2 Å². The van der Waals surface area contributed by atoms with Crippen LogP contribution in [0.5, 0.6) is 5.75 Å². The highest BCUT2D eigenvalue weighted by Crippen LogP contribution is 2.31. The maximum atomic E-state index is 12.4. The lowest BCUT2D eigenvalue weighted by Gasteiger charge is -2.35. The Kier molecular flexibility index (Phi) is 5.03. The number of esters is 1. The molecule has 6 heteroatoms. The number of nitrogens with zero attached hydrogens (tertiary/aromatic N) is 1. The van der Waals surface area contributed by atoms with Crippen molar-refractivity contribution >= 4 is 23.3 Å². The van der Waals surface area contributed by atoms with Gasteiger partial charge in [0.2, 0.25) is 0 Å². The van der Waals surface area contributed by atoms with E-state index < -0.39 is 0 Å². The first-order valence-electron chi connectivity index (χ1n) is 7.05. The average Bonchev–Trinajstić information content (AvgIpc) is 2.52. The fraction of sp³-hybridized carbons (Fsp3) is 0.375. The van der Waals surface area contributed by atoms with Crippen molar-refractivity contribution in [2.24, 2.45) is 0 Å². The monoisotopic (exact) mass is 320 g/mol. The summed E-state index contributed by atoms with van der Waals surface area (Å²) in [6, 6.07) is 7.22. The number of thiocarbonyl (C=S) groups is 1. The van der Waals surface area contributed by atoms with E-state index in [1.165, 1.54) is 0 Å². The number of benzene rings is 1. The van der Waals surface area contributed by atoms with Crippen LogP contribution in [0.4, 0.5) is 0 Å². The van der Waals surface area contributed by atoms with Gasteiger partial charge in [0, 0.05) is 12.7 Å². The first-order valence-corrected chi connectivity index (χ1v) is 7.46. The first kappa shape index (κ1) is 16.3. The number of ether oxygens (including phenoxy) is 2. The summed E-state index contributed by atoms with van der Waals surface area (Å²) in [5.74, 6) is 0.431. The van der Waals surface area contributed by atoms with Gasteiger partial charge in [0.1, 0.15) is 5.75 Å². The standard InChI is InChI=1S/C16H20N2O3S/c1-5-21-15(19)13-10(2)18(3)16(22)17-14(13)11-6-8-12(20-4)9-7-11/h6-9,14H,5H2,1-4H3,(H,17,22)/t14-/m1/s1. The van der Waals surface area contributed by atoms with Gasteiger partial charge in [-0.15, -0.1) is 0 Å². The molecule has 0 radical (unpaired) electrons. The molecule has 1 aliphatic heterocycles. The molecule has 118 valence electrons. The Hall–Kier alpha value is -2.08. The molecule has 2 rings (SSSR count). The predicted molar refractivity (Wildman–Crippen MR) is 88.6 cm³/mol. The molecule has 0 aromatic heterocycles. The molecule has 5 nitrogen and oxygen atoms in total. The van der Waals surface area contributed by atoms with Crippen molar-refractivity contribution in [1.29, 1.82) is 0 Å². The molecule has 1 aromatic carbocycles. The Morgan fingerprint density at radius 1 is 1.36 bits per heavy atom. The van der Waals surface area contributed by atoms with Crippen LogP contribution in [-0.2, 0) is 9.53 Å². The second-order valence-electron chi connectivity index (χ2n) is 4.93. The van der Waals surface area contributed by atoms with Crippen LogP contribution in [0.25, 0.3) is 0 Å². The SMILES string of the molecule is CCOC(=O)C1=C(C)N(C)C(=S)N[C@@H]1c1ccc(OC)cc1. The Morgan fingerprint density at radius 2 is 2.00 bits per heavy atom. The lowest BCUT2D eigenvalue weighted by molar-refractivity contribution is -0.139. The second kappa shape index (κ2) is 6.79. The van der Waals surface area contributed by atoms with Gasteiger partial charge in [0.15, 0.2) is 5.11 Å². The number of nitrogens with one attached hydrogen (secondary N) is 1. The van der Waals surface area contributed by atoms with Gasteiger partial charge in [-0.2, -0.15) is 0 Å². The third-order valence-electron chi connectivity index (χ3n) is 3.70. The maximum Gasteiger partial charge on any atom is 0.338 e. The fourth-order valence-electron chi connectivity index (χ4n) is 2.36. The van der Waals surface area contributed by atoms with E-state index in [2.05, 4.69) is 5.32 Å². The Labute approximate surface area is 135 Å². The van der Waals surface area contributed by atoms with Gasteiger partial charge in [-0.05, 0) is 43.8 Å². The molecular weight excluding hydrogens is 300 g/mol. The normalized spacial score (nSPS) is 18.1. The molecule has 0 unspecified atom stereocenters. The van der Waals surface area contributed by atoms with Crippen LogP contribution in [-0.4, -0.2) is 36.7 Å². The van der Waals surface area contributed by atoms with E-state index in [-0.39, 0.29) is 12.0 Å². The van der Waals surface area contributed by atoms with E-state index in [0.717, 1.165) is 17.0 Å². The fourth-order valence-corrected chi connectivity index (χ4v) is 2.61. The summed E-state index contributed by atoms with van der Waals surface area (Å²) >= 11 is 5.34. The molecule has 1 aromatic rings. The zero-order valence-electron chi connectivity index (χ0n) is 13.2. The minimum atomic E-state index is -0.331. The number of carbonyl (C=O) groups is 1. The van der Waals surface area contributed by atoms with Gasteiger partial charge in [-0.25, -0.2) is 4.79 Å². The predicted octanol–water partition coefficient (Wildman–Crippen LogP) is 2.39. The number of allylic oxidation sites excluding steroid dienone is 1. The van der Waals surface area contributed by atoms with Crippen LogP contribution < -0.4 is 10.1 Å². The van der Waals surface area contributed by atoms with E-state index >= 15 is 0 Å². The van der Waals surface area contributed by atoms with Crippen LogP contribution >= 0.6 is 12.2 Å². The number of hydrogen-bond acceptors (Lipinski definition) is 4. The highest BCUT2D eigenvalue weighted by molar-refractivity contribution is 7.80. The van der Waals surface area contributed by atoms with Gasteiger partial charge in [0.05, 0.1) is 25.3 Å². The van der Waals surface area contributed by atoms with E-state index in [1.54, 1.807) is 18.9 Å². The van der Waals surface area contributed by atoms with E-state index in [4.69, 9.17) is 21.7 Å². The molecular formula is C16H20N2O3S. The molecule has 1 atom stereocenters. The molecule has 0 fully saturated rings. The Balaban J connectivity index is 2.45. The molecule has 22 heavy (non-hydrogen) atoms. The first-order chi connectivity index (χ1) is 10.5. The lowest BCUT2D eigenvalue weighted by Crippen LogP contribution is -2.46. The Morgan fingerprint density at radius 3 is 2.55 bits per heavy atom. The minimum absolute atomic E-state index is 0.325. The summed E-state index contributed by atoms with van der Waals surface area (Å²) in [7, 11) is 3.44. The molecule has 1 N–H and O–H groups in total. The topological polar surface area (TPSA) is 50.8 Å². The third-order valence-corrected chi connectivity index (χ3v) is 4.09. The smallest absolute Gasteiger partial charge is 0.338 e. The molecule has 0 aliphatic carbocycles. The second-order valence-corrected chi connectivity index (χ2v) is 5.32. The van der Waals surface area contributed by atoms with Crippen molar-refractivity contribution in [3.05, 3.63) is 41.1 Å². The van der Waals surface area contributed by atoms with Crippen LogP contribution in [0.15, 0.2) is 35.5 Å². The Bertz CT molecular complexity index is 610. The van der Waals surface area contributed by atoms with Crippen LogP contribution in [0.3, 0.4) is 0 Å². The zero-order chi connectivity index (χ0) is 16.3. The summed E-state index contributed by atoms with van der Waals surface area (Å²) in [5.41, 5.74) is 2.30. The van der Waals surface area contributed by atoms with Gasteiger partial charge >= 0.3 is 5.97 Å². The number of hydrogen-bond donors (Lipinski definition) is 1. The van der Waals surface area contributed by atoms with Gasteiger partial charge in [-0.3, -0.25) is 0 Å². The maximum absolute atomic E-state index is 12.4. The summed E-state index contributed by atoms with van der Waals surface area (Å²) in [4.78, 5) is 14.1. The van der Waals surface area contributed by atoms with Crippen molar-refractivity contribution < 1.29 is 14.3 Å². The summed E-state index contributed by atoms with van der Waals surface area (Å²) < 4.78 is 10.4. The largest absolute Gasteiger partial charge is 0.497 e. The van der Waals surface area contributed by atoms with E-state index in [0.29, 0.717) is 17.3 Å². The average molecular weight is 320 g/mol. The van der Waals surface area contributed by atoms with Crippen LogP contribution in [0.1, 0.15) is 25.5 Å². The number of carbonyl (C=O) groups excluding carboxylic acids is 1. The third kappa shape index (κ3) is 3.06. The number of methoxy groups -OCH3 is 1. The molecule has 0 saturated heterocycles. The van der Waals surface area contributed by atoms with Crippen LogP contribution in [0, 0.1) is 0 Å². The van der Waals surface area contributed by atoms with Crippen molar-refractivity contribution in [1.82, 2.24) is 10.2 Å². The summed E-state index contributed by atoms with van der Waals surface area (Å²) in [6.45, 7) is 4.00. The van der Waals surface area contributed by atoms with Gasteiger partial charge in [-0.1, -0.05) is 12.1 Å². The van der Waals surface area contributed by atoms with Crippen molar-refractivity contribution in [2.75, 3.05) is 20.8 Å². The molecule has 0 spiro atoms. The molecule has 1 heterocycles. The quantitative estimate of drug-likeness (QED) is 0.679. The van der Waals surface area contributed by atoms with Crippen LogP contribution in [0.2, 0.25) is 0 Å². The molecule has 0 bridgehead atoms. The highest BCUT2D eigenvalue weighted by Gasteiger charge is 2.33.